The number of likely N-dealkylation sites (tertiary alicyclic amines) is 1. The summed E-state index contributed by atoms with van der Waals surface area (Å²) in [5, 5.41) is 13.9. The van der Waals surface area contributed by atoms with Crippen LogP contribution in [0.5, 0.6) is 6.01 Å². The van der Waals surface area contributed by atoms with Crippen LogP contribution in [0.4, 0.5) is 19.6 Å². The van der Waals surface area contributed by atoms with E-state index in [0.717, 1.165) is 76.0 Å². The number of ether oxygens (including phenoxy) is 1. The normalized spacial score (nSPS) is 22.5. The van der Waals surface area contributed by atoms with E-state index in [0.29, 0.717) is 37.4 Å². The van der Waals surface area contributed by atoms with Crippen LogP contribution in [-0.2, 0) is 4.79 Å². The number of anilines is 2. The van der Waals surface area contributed by atoms with Gasteiger partial charge in [-0.3, -0.25) is 9.69 Å². The maximum Gasteiger partial charge on any atom is 0.319 e. The quantitative estimate of drug-likeness (QED) is 0.213. The summed E-state index contributed by atoms with van der Waals surface area (Å²) in [4.78, 5) is 29.0. The third-order valence-corrected chi connectivity index (χ3v) is 13.0. The van der Waals surface area contributed by atoms with Crippen LogP contribution in [0.25, 0.3) is 32.1 Å². The van der Waals surface area contributed by atoms with Gasteiger partial charge in [0.25, 0.3) is 0 Å². The van der Waals surface area contributed by atoms with Crippen LogP contribution < -0.4 is 20.7 Å². The minimum Gasteiger partial charge on any atom is -0.461 e. The molecule has 10 nitrogen and oxygen atoms in total. The number of hydrogen-bond acceptors (Lipinski definition) is 10. The van der Waals surface area contributed by atoms with Gasteiger partial charge in [-0.1, -0.05) is 36.9 Å². The van der Waals surface area contributed by atoms with E-state index in [1.165, 1.54) is 31.4 Å². The molecule has 7 heterocycles. The highest BCUT2D eigenvalue weighted by Crippen LogP contribution is 2.48. The molecule has 52 heavy (non-hydrogen) atoms. The van der Waals surface area contributed by atoms with Gasteiger partial charge in [0.2, 0.25) is 5.91 Å². The van der Waals surface area contributed by atoms with Crippen LogP contribution in [0.3, 0.4) is 0 Å². The fraction of sp³-hybridized carbons (Fsp3) is 0.526. The van der Waals surface area contributed by atoms with Gasteiger partial charge in [-0.2, -0.15) is 15.2 Å². The molecule has 1 spiro atoms. The molecule has 2 aromatic heterocycles. The number of halogens is 3. The van der Waals surface area contributed by atoms with E-state index >= 15 is 4.39 Å². The number of piperidine rings is 1. The zero-order valence-corrected chi connectivity index (χ0v) is 30.5. The maximum absolute atomic E-state index is 17.0. The average Bonchev–Trinajstić information content (AvgIpc) is 4.06. The molecule has 14 heteroatoms. The molecule has 0 radical (unpaired) electrons. The molecule has 2 aromatic carbocycles. The summed E-state index contributed by atoms with van der Waals surface area (Å²) in [6.07, 6.45) is 10.7. The summed E-state index contributed by atoms with van der Waals surface area (Å²) in [6.45, 7) is 5.97. The van der Waals surface area contributed by atoms with Crippen molar-refractivity contribution in [3.8, 4) is 23.2 Å². The Labute approximate surface area is 309 Å². The Hall–Kier alpha value is -3.83. The number of carbonyl (C=O) groups is 1. The SMILES string of the molecule is C1CC1.N#Cc1c(N)sc2c(F)ccc(-c3c(Cl)cc4c(N5CC6(CCCN(C(=O)C7CN7)C6)C5)nc(OCC56CCCN5CCC6)nc4c3F)c12. The number of nitriles is 1. The highest BCUT2D eigenvalue weighted by molar-refractivity contribution is 7.23. The van der Waals surface area contributed by atoms with Crippen molar-refractivity contribution in [3.05, 3.63) is 40.4 Å². The standard InChI is InChI=1S/C35H35ClF2N8O2S.C3H6/c36-22-12-20-28(27(38)26(22)19-4-5-23(37)29-25(19)21(13-39)30(40)49-29)42-33(48-18-35-7-2-10-46(35)11-3-8-35)43-31(20)45-16-34(17-45)6-1-9-44(15-34)32(47)24-14-41-24;1-2-3-1/h4-5,12,24,41H,1-3,6-11,14-18,40H2;1-3H2. The molecule has 1 saturated carbocycles. The van der Waals surface area contributed by atoms with Crippen molar-refractivity contribution in [2.75, 3.05) is 63.1 Å². The molecule has 1 atom stereocenters. The Kier molecular flexibility index (Phi) is 8.45. The van der Waals surface area contributed by atoms with E-state index in [4.69, 9.17) is 27.1 Å². The van der Waals surface area contributed by atoms with Gasteiger partial charge in [-0.25, -0.2) is 8.78 Å². The fourth-order valence-corrected chi connectivity index (χ4v) is 10.1. The number of rotatable bonds is 6. The highest BCUT2D eigenvalue weighted by Gasteiger charge is 2.49. The second-order valence-corrected chi connectivity index (χ2v) is 16.9. The Bertz CT molecular complexity index is 2130. The first-order valence-electron chi connectivity index (χ1n) is 18.4. The lowest BCUT2D eigenvalue weighted by atomic mass is 9.73. The molecular weight excluding hydrogens is 706 g/mol. The van der Waals surface area contributed by atoms with E-state index in [1.807, 2.05) is 4.90 Å². The molecule has 6 aliphatic rings. The molecule has 10 rings (SSSR count). The van der Waals surface area contributed by atoms with Crippen molar-refractivity contribution in [1.82, 2.24) is 25.1 Å². The molecule has 1 unspecified atom stereocenters. The Morgan fingerprint density at radius 3 is 2.50 bits per heavy atom. The van der Waals surface area contributed by atoms with E-state index in [1.54, 1.807) is 6.07 Å². The third-order valence-electron chi connectivity index (χ3n) is 11.7. The maximum atomic E-state index is 17.0. The van der Waals surface area contributed by atoms with Crippen LogP contribution in [0.1, 0.15) is 63.4 Å². The lowest BCUT2D eigenvalue weighted by Crippen LogP contribution is -2.64. The van der Waals surface area contributed by atoms with Gasteiger partial charge in [0.15, 0.2) is 5.82 Å². The smallest absolute Gasteiger partial charge is 0.319 e. The largest absolute Gasteiger partial charge is 0.461 e. The summed E-state index contributed by atoms with van der Waals surface area (Å²) in [7, 11) is 0. The zero-order valence-electron chi connectivity index (χ0n) is 28.9. The summed E-state index contributed by atoms with van der Waals surface area (Å²) in [5.74, 6) is -0.569. The van der Waals surface area contributed by atoms with Gasteiger partial charge in [0, 0.05) is 54.5 Å². The molecule has 5 aliphatic heterocycles. The van der Waals surface area contributed by atoms with Crippen molar-refractivity contribution < 1.29 is 18.3 Å². The predicted octanol–water partition coefficient (Wildman–Crippen LogP) is 6.48. The molecule has 4 aromatic rings. The number of nitrogens with zero attached hydrogens (tertiary/aromatic N) is 6. The topological polar surface area (TPSA) is 134 Å². The second kappa shape index (κ2) is 12.9. The van der Waals surface area contributed by atoms with Gasteiger partial charge in [0.05, 0.1) is 26.9 Å². The molecule has 1 aliphatic carbocycles. The van der Waals surface area contributed by atoms with Crippen LogP contribution in [0.15, 0.2) is 18.2 Å². The van der Waals surface area contributed by atoms with Gasteiger partial charge in [-0.15, -0.1) is 11.3 Å². The molecule has 3 N–H and O–H groups in total. The van der Waals surface area contributed by atoms with Crippen LogP contribution in [0.2, 0.25) is 5.02 Å². The first kappa shape index (κ1) is 34.0. The minimum atomic E-state index is -0.708. The van der Waals surface area contributed by atoms with Crippen molar-refractivity contribution in [3.63, 3.8) is 0 Å². The molecule has 1 amide bonds. The monoisotopic (exact) mass is 746 g/mol. The number of hydrogen-bond donors (Lipinski definition) is 2. The highest BCUT2D eigenvalue weighted by atomic mass is 35.5. The lowest BCUT2D eigenvalue weighted by Gasteiger charge is -2.55. The number of fused-ring (bicyclic) bond motifs is 3. The number of thiophene rings is 1. The minimum absolute atomic E-state index is 0.00983. The van der Waals surface area contributed by atoms with E-state index in [2.05, 4.69) is 26.2 Å². The van der Waals surface area contributed by atoms with Gasteiger partial charge < -0.3 is 25.6 Å². The molecule has 272 valence electrons. The number of amides is 1. The fourth-order valence-electron chi connectivity index (χ4n) is 8.90. The first-order valence-corrected chi connectivity index (χ1v) is 19.6. The Balaban J connectivity index is 0.00000114. The molecule has 5 saturated heterocycles. The number of nitrogens with one attached hydrogen (secondary N) is 1. The number of nitrogens with two attached hydrogens (primary N) is 1. The summed E-state index contributed by atoms with van der Waals surface area (Å²) in [5.41, 5.74) is 6.34. The first-order chi connectivity index (χ1) is 25.2. The second-order valence-electron chi connectivity index (χ2n) is 15.5. The number of carbonyl (C=O) groups excluding carboxylic acids is 1. The van der Waals surface area contributed by atoms with Crippen LogP contribution in [-0.4, -0.2) is 89.7 Å². The van der Waals surface area contributed by atoms with Crippen molar-refractivity contribution in [2.45, 2.75) is 69.4 Å². The Morgan fingerprint density at radius 1 is 1.08 bits per heavy atom. The van der Waals surface area contributed by atoms with Gasteiger partial charge in [-0.05, 0) is 69.3 Å². The summed E-state index contributed by atoms with van der Waals surface area (Å²) in [6, 6.07) is 6.40. The van der Waals surface area contributed by atoms with E-state index < -0.39 is 11.6 Å². The molecule has 0 bridgehead atoms. The summed E-state index contributed by atoms with van der Waals surface area (Å²) >= 11 is 7.84. The molecule has 6 fully saturated rings. The Morgan fingerprint density at radius 2 is 1.81 bits per heavy atom. The van der Waals surface area contributed by atoms with Gasteiger partial charge >= 0.3 is 6.01 Å². The number of benzene rings is 2. The van der Waals surface area contributed by atoms with Crippen LogP contribution in [0, 0.1) is 28.4 Å². The number of aromatic nitrogens is 2. The number of nitrogen functional groups attached to an aromatic ring is 1. The van der Waals surface area contributed by atoms with E-state index in [-0.39, 0.29) is 71.2 Å². The van der Waals surface area contributed by atoms with Crippen molar-refractivity contribution >= 4 is 60.7 Å². The van der Waals surface area contributed by atoms with Gasteiger partial charge in [0.1, 0.15) is 34.8 Å². The van der Waals surface area contributed by atoms with Crippen molar-refractivity contribution in [2.24, 2.45) is 5.41 Å². The van der Waals surface area contributed by atoms with E-state index in [9.17, 15) is 14.4 Å². The van der Waals surface area contributed by atoms with Crippen LogP contribution >= 0.6 is 22.9 Å². The van der Waals surface area contributed by atoms with Crippen molar-refractivity contribution in [1.29, 1.82) is 5.26 Å². The molecular formula is C38H41ClF2N8O2S. The summed E-state index contributed by atoms with van der Waals surface area (Å²) < 4.78 is 38.5. The lowest BCUT2D eigenvalue weighted by molar-refractivity contribution is -0.134. The third kappa shape index (κ3) is 5.82. The zero-order chi connectivity index (χ0) is 35.8. The average molecular weight is 747 g/mol. The predicted molar refractivity (Wildman–Crippen MR) is 199 cm³/mol.